The Labute approximate surface area is 137 Å². The molecule has 22 heavy (non-hydrogen) atoms. The molecular weight excluding hydrogens is 272 g/mol. The number of hydrogen-bond donors (Lipinski definition) is 2. The standard InChI is InChI=1S/C18H38N4/c1-5-11-17(12-6-2)19-21(17)15-9-10-16-22-18(20-22,13-7-3)14-8-4/h19-20H,5-16H2,1-4H3. The van der Waals surface area contributed by atoms with Crippen molar-refractivity contribution in [1.29, 1.82) is 0 Å². The van der Waals surface area contributed by atoms with E-state index in [1.165, 1.54) is 77.3 Å². The average molecular weight is 311 g/mol. The third kappa shape index (κ3) is 4.22. The van der Waals surface area contributed by atoms with Crippen molar-refractivity contribution in [3.8, 4) is 0 Å². The molecule has 2 atom stereocenters. The molecule has 2 aliphatic heterocycles. The van der Waals surface area contributed by atoms with Gasteiger partial charge in [0.15, 0.2) is 0 Å². The van der Waals surface area contributed by atoms with Crippen LogP contribution in [-0.4, -0.2) is 34.4 Å². The van der Waals surface area contributed by atoms with Crippen LogP contribution in [0.15, 0.2) is 0 Å². The van der Waals surface area contributed by atoms with Crippen LogP contribution in [0.2, 0.25) is 0 Å². The molecule has 0 radical (unpaired) electrons. The molecule has 0 aromatic rings. The molecule has 0 amide bonds. The van der Waals surface area contributed by atoms with E-state index in [4.69, 9.17) is 0 Å². The van der Waals surface area contributed by atoms with Gasteiger partial charge >= 0.3 is 0 Å². The minimum absolute atomic E-state index is 0.357. The zero-order valence-electron chi connectivity index (χ0n) is 15.4. The van der Waals surface area contributed by atoms with Crippen molar-refractivity contribution in [2.45, 2.75) is 103 Å². The van der Waals surface area contributed by atoms with Gasteiger partial charge in [-0.1, -0.05) is 53.4 Å². The molecule has 0 aliphatic carbocycles. The van der Waals surface area contributed by atoms with Crippen molar-refractivity contribution in [2.75, 3.05) is 13.1 Å². The Hall–Kier alpha value is -0.160. The highest BCUT2D eigenvalue weighted by atomic mass is 15.8. The van der Waals surface area contributed by atoms with Gasteiger partial charge in [0.2, 0.25) is 0 Å². The fraction of sp³-hybridized carbons (Fsp3) is 1.00. The van der Waals surface area contributed by atoms with Crippen molar-refractivity contribution < 1.29 is 0 Å². The van der Waals surface area contributed by atoms with Gasteiger partial charge in [-0.2, -0.15) is 0 Å². The van der Waals surface area contributed by atoms with E-state index >= 15 is 0 Å². The van der Waals surface area contributed by atoms with Gasteiger partial charge in [0, 0.05) is 13.1 Å². The van der Waals surface area contributed by atoms with Gasteiger partial charge in [-0.15, -0.1) is 0 Å². The van der Waals surface area contributed by atoms with Gasteiger partial charge < -0.3 is 0 Å². The summed E-state index contributed by atoms with van der Waals surface area (Å²) in [5, 5.41) is 5.00. The van der Waals surface area contributed by atoms with E-state index in [-0.39, 0.29) is 0 Å². The van der Waals surface area contributed by atoms with Gasteiger partial charge in [0.25, 0.3) is 0 Å². The van der Waals surface area contributed by atoms with E-state index in [1.807, 2.05) is 0 Å². The van der Waals surface area contributed by atoms with Crippen LogP contribution in [0, 0.1) is 0 Å². The summed E-state index contributed by atoms with van der Waals surface area (Å²) in [4.78, 5) is 0. The molecule has 4 nitrogen and oxygen atoms in total. The Morgan fingerprint density at radius 3 is 1.18 bits per heavy atom. The second kappa shape index (κ2) is 8.09. The van der Waals surface area contributed by atoms with E-state index in [9.17, 15) is 0 Å². The maximum atomic E-state index is 3.65. The Bertz CT molecular complexity index is 287. The van der Waals surface area contributed by atoms with Gasteiger partial charge in [-0.05, 0) is 38.5 Å². The first-order valence-electron chi connectivity index (χ1n) is 9.77. The summed E-state index contributed by atoms with van der Waals surface area (Å²) >= 11 is 0. The molecule has 2 rings (SSSR count). The molecule has 0 aromatic carbocycles. The van der Waals surface area contributed by atoms with Gasteiger partial charge in [0.05, 0.1) is 11.3 Å². The summed E-state index contributed by atoms with van der Waals surface area (Å²) < 4.78 is 0. The minimum atomic E-state index is 0.357. The first-order chi connectivity index (χ1) is 10.7. The lowest BCUT2D eigenvalue weighted by Gasteiger charge is -2.14. The van der Waals surface area contributed by atoms with Crippen molar-refractivity contribution in [3.05, 3.63) is 0 Å². The normalized spacial score (nSPS) is 27.8. The van der Waals surface area contributed by atoms with E-state index in [0.29, 0.717) is 11.3 Å². The summed E-state index contributed by atoms with van der Waals surface area (Å²) in [6, 6.07) is 0. The highest BCUT2D eigenvalue weighted by molar-refractivity contribution is 4.98. The van der Waals surface area contributed by atoms with E-state index in [0.717, 1.165) is 0 Å². The lowest BCUT2D eigenvalue weighted by molar-refractivity contribution is 0.324. The van der Waals surface area contributed by atoms with E-state index in [1.54, 1.807) is 0 Å². The van der Waals surface area contributed by atoms with Crippen LogP contribution in [0.4, 0.5) is 0 Å². The smallest absolute Gasteiger partial charge is 0.0973 e. The van der Waals surface area contributed by atoms with Crippen molar-refractivity contribution in [1.82, 2.24) is 20.9 Å². The first kappa shape index (κ1) is 18.2. The zero-order chi connectivity index (χ0) is 16.1. The molecule has 2 saturated heterocycles. The van der Waals surface area contributed by atoms with Crippen LogP contribution in [0.5, 0.6) is 0 Å². The molecule has 2 heterocycles. The van der Waals surface area contributed by atoms with E-state index in [2.05, 4.69) is 48.6 Å². The van der Waals surface area contributed by atoms with Crippen LogP contribution in [0.1, 0.15) is 91.9 Å². The Morgan fingerprint density at radius 1 is 0.591 bits per heavy atom. The van der Waals surface area contributed by atoms with Crippen LogP contribution in [0.25, 0.3) is 0 Å². The summed E-state index contributed by atoms with van der Waals surface area (Å²) in [7, 11) is 0. The molecule has 0 aromatic heterocycles. The van der Waals surface area contributed by atoms with Crippen molar-refractivity contribution in [3.63, 3.8) is 0 Å². The second-order valence-electron chi connectivity index (χ2n) is 7.30. The predicted octanol–water partition coefficient (Wildman–Crippen LogP) is 4.00. The van der Waals surface area contributed by atoms with Crippen LogP contribution >= 0.6 is 0 Å². The highest BCUT2D eigenvalue weighted by Gasteiger charge is 2.50. The Balaban J connectivity index is 1.61. The number of nitrogens with zero attached hydrogens (tertiary/aromatic N) is 2. The van der Waals surface area contributed by atoms with Crippen LogP contribution in [-0.2, 0) is 0 Å². The number of nitrogens with one attached hydrogen (secondary N) is 2. The summed E-state index contributed by atoms with van der Waals surface area (Å²) in [6.45, 7) is 11.6. The number of hydrogen-bond acceptors (Lipinski definition) is 4. The molecule has 130 valence electrons. The Kier molecular flexibility index (Phi) is 6.69. The monoisotopic (exact) mass is 310 g/mol. The maximum absolute atomic E-state index is 3.65. The fourth-order valence-corrected chi connectivity index (χ4v) is 4.20. The molecular formula is C18H38N4. The molecule has 2 N–H and O–H groups in total. The largest absolute Gasteiger partial charge is 0.232 e. The summed E-state index contributed by atoms with van der Waals surface area (Å²) in [5.41, 5.74) is 8.01. The maximum Gasteiger partial charge on any atom is 0.0973 e. The van der Waals surface area contributed by atoms with Crippen molar-refractivity contribution in [2.24, 2.45) is 0 Å². The number of hydrazine groups is 2. The highest BCUT2D eigenvalue weighted by Crippen LogP contribution is 2.36. The first-order valence-corrected chi connectivity index (χ1v) is 9.77. The molecule has 2 aliphatic rings. The molecule has 2 fully saturated rings. The molecule has 4 heteroatoms. The summed E-state index contributed by atoms with van der Waals surface area (Å²) in [5.74, 6) is 0. The zero-order valence-corrected chi connectivity index (χ0v) is 15.4. The molecule has 0 saturated carbocycles. The third-order valence-electron chi connectivity index (χ3n) is 5.29. The average Bonchev–Trinajstić information content (AvgIpc) is 3.34. The minimum Gasteiger partial charge on any atom is -0.232 e. The number of unbranched alkanes of at least 4 members (excludes halogenated alkanes) is 1. The lowest BCUT2D eigenvalue weighted by Crippen LogP contribution is -2.21. The fourth-order valence-electron chi connectivity index (χ4n) is 4.20. The van der Waals surface area contributed by atoms with E-state index < -0.39 is 0 Å². The quantitative estimate of drug-likeness (QED) is 0.399. The van der Waals surface area contributed by atoms with Crippen LogP contribution in [0.3, 0.4) is 0 Å². The molecule has 0 bridgehead atoms. The van der Waals surface area contributed by atoms with Crippen LogP contribution < -0.4 is 10.9 Å². The predicted molar refractivity (Wildman–Crippen MR) is 94.0 cm³/mol. The van der Waals surface area contributed by atoms with Gasteiger partial charge in [0.1, 0.15) is 0 Å². The SMILES string of the molecule is CCCC1(CCC)NN1CCCCN1NC1(CCC)CCC. The Morgan fingerprint density at radius 2 is 0.909 bits per heavy atom. The van der Waals surface area contributed by atoms with Gasteiger partial charge in [-0.25, -0.2) is 20.9 Å². The third-order valence-corrected chi connectivity index (χ3v) is 5.29. The second-order valence-corrected chi connectivity index (χ2v) is 7.30. The van der Waals surface area contributed by atoms with Crippen molar-refractivity contribution >= 4 is 0 Å². The topological polar surface area (TPSA) is 49.9 Å². The summed E-state index contributed by atoms with van der Waals surface area (Å²) in [6.07, 6.45) is 12.9. The lowest BCUT2D eigenvalue weighted by atomic mass is 10.0. The van der Waals surface area contributed by atoms with Gasteiger partial charge in [-0.3, -0.25) is 0 Å². The molecule has 2 unspecified atom stereocenters. The molecule has 0 spiro atoms. The number of rotatable bonds is 13.